The van der Waals surface area contributed by atoms with Crippen molar-refractivity contribution in [3.8, 4) is 11.6 Å². The molecule has 1 aromatic heterocycles. The topological polar surface area (TPSA) is 91.2 Å². The van der Waals surface area contributed by atoms with E-state index < -0.39 is 0 Å². The summed E-state index contributed by atoms with van der Waals surface area (Å²) in [5.41, 5.74) is 15.4. The van der Waals surface area contributed by atoms with Gasteiger partial charge in [0, 0.05) is 10.5 Å². The molecular formula is C20H17N3O2S. The van der Waals surface area contributed by atoms with E-state index in [0.717, 1.165) is 21.8 Å². The Morgan fingerprint density at radius 2 is 1.88 bits per heavy atom. The molecule has 130 valence electrons. The zero-order valence-corrected chi connectivity index (χ0v) is 14.9. The van der Waals surface area contributed by atoms with Crippen LogP contribution in [0.1, 0.15) is 32.3 Å². The molecule has 4 rings (SSSR count). The van der Waals surface area contributed by atoms with Gasteiger partial charge in [-0.15, -0.1) is 11.8 Å². The van der Waals surface area contributed by atoms with Crippen LogP contribution in [0.2, 0.25) is 0 Å². The van der Waals surface area contributed by atoms with Gasteiger partial charge in [0.05, 0.1) is 22.1 Å². The van der Waals surface area contributed by atoms with Gasteiger partial charge >= 0.3 is 0 Å². The number of pyridine rings is 1. The monoisotopic (exact) mass is 363 g/mol. The van der Waals surface area contributed by atoms with E-state index in [0.29, 0.717) is 23.4 Å². The van der Waals surface area contributed by atoms with E-state index in [4.69, 9.17) is 16.2 Å². The third-order valence-corrected chi connectivity index (χ3v) is 5.68. The van der Waals surface area contributed by atoms with Crippen LogP contribution in [-0.4, -0.2) is 11.3 Å². The molecule has 1 atom stereocenters. The lowest BCUT2D eigenvalue weighted by atomic mass is 9.96. The predicted octanol–water partition coefficient (Wildman–Crippen LogP) is 4.35. The molecule has 0 saturated heterocycles. The van der Waals surface area contributed by atoms with Gasteiger partial charge in [-0.2, -0.15) is 4.98 Å². The molecule has 26 heavy (non-hydrogen) atoms. The number of nitrogens with two attached hydrogens (primary N) is 2. The molecule has 0 fully saturated rings. The van der Waals surface area contributed by atoms with Crippen LogP contribution in [0, 0.1) is 6.92 Å². The van der Waals surface area contributed by atoms with Crippen LogP contribution in [0.3, 0.4) is 0 Å². The molecule has 1 aliphatic rings. The third kappa shape index (κ3) is 2.59. The predicted molar refractivity (Wildman–Crippen MR) is 104 cm³/mol. The fourth-order valence-electron chi connectivity index (χ4n) is 3.11. The van der Waals surface area contributed by atoms with E-state index in [1.165, 1.54) is 0 Å². The highest BCUT2D eigenvalue weighted by molar-refractivity contribution is 7.99. The lowest BCUT2D eigenvalue weighted by Gasteiger charge is -2.30. The summed E-state index contributed by atoms with van der Waals surface area (Å²) in [4.78, 5) is 16.8. The van der Waals surface area contributed by atoms with Crippen molar-refractivity contribution in [3.05, 3.63) is 70.8 Å². The molecule has 1 unspecified atom stereocenters. The van der Waals surface area contributed by atoms with Crippen LogP contribution in [0.25, 0.3) is 0 Å². The minimum Gasteiger partial charge on any atom is -0.438 e. The average Bonchev–Trinajstić information content (AvgIpc) is 2.63. The normalized spacial score (nSPS) is 14.9. The van der Waals surface area contributed by atoms with Crippen LogP contribution in [0.15, 0.2) is 53.4 Å². The Morgan fingerprint density at radius 3 is 2.62 bits per heavy atom. The quantitative estimate of drug-likeness (QED) is 0.672. The van der Waals surface area contributed by atoms with E-state index >= 15 is 0 Å². The number of nitrogen functional groups attached to an aromatic ring is 2. The van der Waals surface area contributed by atoms with Crippen molar-refractivity contribution in [2.24, 2.45) is 0 Å². The highest BCUT2D eigenvalue weighted by Gasteiger charge is 2.34. The number of thioether (sulfide) groups is 1. The fourth-order valence-corrected chi connectivity index (χ4v) is 4.36. The standard InChI is InChI=1S/C20H17N3O2S/c1-11-6-5-9-13-17(11)25-20-15(16(21)14(10-24)19(22)23-20)18(13)26-12-7-3-2-4-8-12/h2-10,18H,1H3,(H4,21,22,23). The van der Waals surface area contributed by atoms with Gasteiger partial charge in [-0.25, -0.2) is 0 Å². The van der Waals surface area contributed by atoms with E-state index in [-0.39, 0.29) is 16.6 Å². The van der Waals surface area contributed by atoms with Crippen molar-refractivity contribution < 1.29 is 9.53 Å². The zero-order valence-electron chi connectivity index (χ0n) is 14.1. The number of carbonyl (C=O) groups is 1. The van der Waals surface area contributed by atoms with Gasteiger partial charge in [-0.05, 0) is 24.6 Å². The van der Waals surface area contributed by atoms with Gasteiger partial charge in [0.25, 0.3) is 0 Å². The Bertz CT molecular complexity index is 1010. The maximum absolute atomic E-state index is 11.5. The second-order valence-corrected chi connectivity index (χ2v) is 7.25. The molecule has 6 heteroatoms. The number of aryl methyl sites for hydroxylation is 1. The summed E-state index contributed by atoms with van der Waals surface area (Å²) in [6.07, 6.45) is 0.647. The van der Waals surface area contributed by atoms with Gasteiger partial charge in [-0.1, -0.05) is 36.4 Å². The molecular weight excluding hydrogens is 346 g/mol. The second-order valence-electron chi connectivity index (χ2n) is 6.07. The molecule has 0 aliphatic carbocycles. The number of ether oxygens (including phenoxy) is 1. The van der Waals surface area contributed by atoms with Crippen molar-refractivity contribution in [2.45, 2.75) is 17.1 Å². The molecule has 0 bridgehead atoms. The molecule has 2 aromatic carbocycles. The number of anilines is 2. The van der Waals surface area contributed by atoms with Gasteiger partial charge < -0.3 is 16.2 Å². The molecule has 2 heterocycles. The Balaban J connectivity index is 1.95. The van der Waals surface area contributed by atoms with Crippen LogP contribution in [0.4, 0.5) is 11.5 Å². The van der Waals surface area contributed by atoms with Crippen molar-refractivity contribution in [1.29, 1.82) is 0 Å². The number of fused-ring (bicyclic) bond motifs is 2. The number of carbonyl (C=O) groups excluding carboxylic acids is 1. The lowest BCUT2D eigenvalue weighted by Crippen LogP contribution is -2.16. The van der Waals surface area contributed by atoms with E-state index in [1.54, 1.807) is 11.8 Å². The maximum Gasteiger partial charge on any atom is 0.228 e. The molecule has 0 saturated carbocycles. The van der Waals surface area contributed by atoms with Crippen LogP contribution in [0.5, 0.6) is 11.6 Å². The first-order valence-electron chi connectivity index (χ1n) is 8.13. The number of benzene rings is 2. The average molecular weight is 363 g/mol. The molecule has 5 nitrogen and oxygen atoms in total. The molecule has 0 amide bonds. The minimum absolute atomic E-state index is 0.0803. The molecule has 0 spiro atoms. The number of para-hydroxylation sites is 1. The summed E-state index contributed by atoms with van der Waals surface area (Å²) in [5.74, 6) is 1.20. The third-order valence-electron chi connectivity index (χ3n) is 4.41. The molecule has 1 aliphatic heterocycles. The maximum atomic E-state index is 11.5. The number of nitrogens with zero attached hydrogens (tertiary/aromatic N) is 1. The number of aromatic nitrogens is 1. The van der Waals surface area contributed by atoms with Gasteiger partial charge in [0.1, 0.15) is 11.6 Å². The van der Waals surface area contributed by atoms with E-state index in [9.17, 15) is 4.79 Å². The van der Waals surface area contributed by atoms with Crippen LogP contribution in [-0.2, 0) is 0 Å². The molecule has 3 aromatic rings. The summed E-state index contributed by atoms with van der Waals surface area (Å²) in [6, 6.07) is 16.0. The second kappa shape index (κ2) is 6.38. The molecule has 0 radical (unpaired) electrons. The van der Waals surface area contributed by atoms with E-state index in [1.807, 2.05) is 55.5 Å². The summed E-state index contributed by atoms with van der Waals surface area (Å²) in [5, 5.41) is -0.150. The first-order chi connectivity index (χ1) is 12.6. The number of hydrogen-bond acceptors (Lipinski definition) is 6. The smallest absolute Gasteiger partial charge is 0.228 e. The summed E-state index contributed by atoms with van der Waals surface area (Å²) in [6.45, 7) is 1.99. The number of aldehydes is 1. The van der Waals surface area contributed by atoms with Crippen molar-refractivity contribution in [3.63, 3.8) is 0 Å². The van der Waals surface area contributed by atoms with Crippen LogP contribution >= 0.6 is 11.8 Å². The molecule has 4 N–H and O–H groups in total. The van der Waals surface area contributed by atoms with Crippen LogP contribution < -0.4 is 16.2 Å². The van der Waals surface area contributed by atoms with E-state index in [2.05, 4.69) is 4.98 Å². The number of hydrogen-bond donors (Lipinski definition) is 2. The first kappa shape index (κ1) is 16.5. The summed E-state index contributed by atoms with van der Waals surface area (Å²) < 4.78 is 6.04. The Hall–Kier alpha value is -2.99. The van der Waals surface area contributed by atoms with Gasteiger partial charge in [0.2, 0.25) is 5.88 Å². The van der Waals surface area contributed by atoms with Crippen molar-refractivity contribution >= 4 is 29.6 Å². The highest BCUT2D eigenvalue weighted by Crippen LogP contribution is 2.54. The van der Waals surface area contributed by atoms with Crippen molar-refractivity contribution in [1.82, 2.24) is 4.98 Å². The van der Waals surface area contributed by atoms with Gasteiger partial charge in [0.15, 0.2) is 6.29 Å². The summed E-state index contributed by atoms with van der Waals surface area (Å²) >= 11 is 1.64. The Labute approximate surface area is 155 Å². The first-order valence-corrected chi connectivity index (χ1v) is 9.01. The highest BCUT2D eigenvalue weighted by atomic mass is 32.2. The summed E-state index contributed by atoms with van der Waals surface area (Å²) in [7, 11) is 0. The SMILES string of the molecule is Cc1cccc2c1Oc1nc(N)c(C=O)c(N)c1C2Sc1ccccc1. The van der Waals surface area contributed by atoms with Crippen molar-refractivity contribution in [2.75, 3.05) is 11.5 Å². The zero-order chi connectivity index (χ0) is 18.3. The largest absolute Gasteiger partial charge is 0.438 e. The van der Waals surface area contributed by atoms with Gasteiger partial charge in [-0.3, -0.25) is 4.79 Å². The minimum atomic E-state index is -0.150. The lowest BCUT2D eigenvalue weighted by molar-refractivity contribution is 0.112. The Morgan fingerprint density at radius 1 is 1.12 bits per heavy atom. The fraction of sp³-hybridized carbons (Fsp3) is 0.100. The number of rotatable bonds is 3. The Kier molecular flexibility index (Phi) is 4.05.